The summed E-state index contributed by atoms with van der Waals surface area (Å²) >= 11 is 0. The van der Waals surface area contributed by atoms with E-state index in [2.05, 4.69) is 15.6 Å². The number of carbonyl (C=O) groups excluding carboxylic acids is 1. The van der Waals surface area contributed by atoms with Gasteiger partial charge in [-0.3, -0.25) is 5.32 Å². The molecule has 134 valence electrons. The van der Waals surface area contributed by atoms with Crippen molar-refractivity contribution in [2.75, 3.05) is 0 Å². The first kappa shape index (κ1) is 16.8. The monoisotopic (exact) mass is 358 g/mol. The summed E-state index contributed by atoms with van der Waals surface area (Å²) in [5.74, 6) is 0. The van der Waals surface area contributed by atoms with E-state index in [0.717, 1.165) is 22.2 Å². The number of rotatable bonds is 5. The van der Waals surface area contributed by atoms with Crippen LogP contribution in [0, 0.1) is 0 Å². The number of ether oxygens (including phenoxy) is 1. The van der Waals surface area contributed by atoms with Crippen LogP contribution in [0.5, 0.6) is 0 Å². The summed E-state index contributed by atoms with van der Waals surface area (Å²) in [5, 5.41) is 11.3. The van der Waals surface area contributed by atoms with Gasteiger partial charge in [-0.15, -0.1) is 5.10 Å². The van der Waals surface area contributed by atoms with Crippen molar-refractivity contribution in [3.63, 3.8) is 0 Å². The van der Waals surface area contributed by atoms with Gasteiger partial charge in [0.15, 0.2) is 6.17 Å². The highest BCUT2D eigenvalue weighted by Gasteiger charge is 2.20. The average molecular weight is 358 g/mol. The minimum absolute atomic E-state index is 0.201. The Morgan fingerprint density at radius 1 is 0.926 bits per heavy atom. The summed E-state index contributed by atoms with van der Waals surface area (Å²) in [6, 6.07) is 26.8. The summed E-state index contributed by atoms with van der Waals surface area (Å²) < 4.78 is 7.07. The van der Waals surface area contributed by atoms with Crippen LogP contribution in [0.4, 0.5) is 4.79 Å². The number of carbonyl (C=O) groups is 1. The van der Waals surface area contributed by atoms with E-state index in [9.17, 15) is 4.79 Å². The molecule has 0 fully saturated rings. The van der Waals surface area contributed by atoms with E-state index in [0.29, 0.717) is 0 Å². The average Bonchev–Trinajstić information content (AvgIpc) is 3.16. The van der Waals surface area contributed by atoms with Crippen LogP contribution in [0.25, 0.3) is 11.0 Å². The van der Waals surface area contributed by atoms with Crippen LogP contribution < -0.4 is 5.32 Å². The first-order valence-corrected chi connectivity index (χ1v) is 8.63. The molecule has 4 aromatic rings. The summed E-state index contributed by atoms with van der Waals surface area (Å²) in [7, 11) is 0. The van der Waals surface area contributed by atoms with Crippen LogP contribution in [0.15, 0.2) is 84.9 Å². The quantitative estimate of drug-likeness (QED) is 0.587. The number of benzene rings is 3. The van der Waals surface area contributed by atoms with E-state index in [1.165, 1.54) is 0 Å². The minimum atomic E-state index is -0.526. The van der Waals surface area contributed by atoms with E-state index in [1.54, 1.807) is 4.68 Å². The third kappa shape index (κ3) is 3.79. The van der Waals surface area contributed by atoms with Crippen molar-refractivity contribution >= 4 is 17.1 Å². The van der Waals surface area contributed by atoms with Crippen LogP contribution >= 0.6 is 0 Å². The van der Waals surface area contributed by atoms with Crippen LogP contribution in [-0.2, 0) is 11.3 Å². The number of hydrogen-bond acceptors (Lipinski definition) is 4. The van der Waals surface area contributed by atoms with Gasteiger partial charge in [-0.05, 0) is 23.3 Å². The Hall–Kier alpha value is -3.67. The lowest BCUT2D eigenvalue weighted by atomic mass is 10.1. The summed E-state index contributed by atoms with van der Waals surface area (Å²) in [6.07, 6.45) is -1.05. The summed E-state index contributed by atoms with van der Waals surface area (Å²) in [6.45, 7) is 0.201. The fourth-order valence-corrected chi connectivity index (χ4v) is 2.88. The summed E-state index contributed by atoms with van der Waals surface area (Å²) in [4.78, 5) is 12.4. The van der Waals surface area contributed by atoms with Gasteiger partial charge in [0.05, 0.1) is 5.52 Å². The molecule has 1 atom stereocenters. The lowest BCUT2D eigenvalue weighted by molar-refractivity contribution is 0.133. The molecule has 1 amide bonds. The zero-order chi connectivity index (χ0) is 18.5. The van der Waals surface area contributed by atoms with Gasteiger partial charge < -0.3 is 4.74 Å². The molecule has 1 N–H and O–H groups in total. The molecule has 27 heavy (non-hydrogen) atoms. The van der Waals surface area contributed by atoms with Crippen LogP contribution in [0.2, 0.25) is 0 Å². The van der Waals surface area contributed by atoms with Gasteiger partial charge in [0, 0.05) is 0 Å². The van der Waals surface area contributed by atoms with Gasteiger partial charge in [0.1, 0.15) is 12.1 Å². The number of amides is 1. The number of fused-ring (bicyclic) bond motifs is 1. The van der Waals surface area contributed by atoms with Gasteiger partial charge >= 0.3 is 6.09 Å². The Kier molecular flexibility index (Phi) is 4.78. The van der Waals surface area contributed by atoms with Crippen molar-refractivity contribution in [2.24, 2.45) is 0 Å². The molecular weight excluding hydrogens is 340 g/mol. The molecule has 0 spiro atoms. The Balaban J connectivity index is 1.58. The molecule has 1 heterocycles. The highest BCUT2D eigenvalue weighted by atomic mass is 16.5. The SMILES string of the molecule is O=C(N[C@H](c1ccccc1)n1nnc2ccccc21)OCc1ccccc1. The smallest absolute Gasteiger partial charge is 0.409 e. The van der Waals surface area contributed by atoms with Crippen molar-refractivity contribution in [1.29, 1.82) is 0 Å². The highest BCUT2D eigenvalue weighted by molar-refractivity contribution is 5.75. The van der Waals surface area contributed by atoms with Crippen LogP contribution in [0.3, 0.4) is 0 Å². The molecule has 0 saturated heterocycles. The number of para-hydroxylation sites is 1. The lowest BCUT2D eigenvalue weighted by Gasteiger charge is -2.19. The third-order valence-corrected chi connectivity index (χ3v) is 4.20. The molecule has 6 nitrogen and oxygen atoms in total. The van der Waals surface area contributed by atoms with E-state index < -0.39 is 12.3 Å². The number of nitrogens with one attached hydrogen (secondary N) is 1. The van der Waals surface area contributed by atoms with E-state index in [-0.39, 0.29) is 6.61 Å². The lowest BCUT2D eigenvalue weighted by Crippen LogP contribution is -2.34. The van der Waals surface area contributed by atoms with Crippen LogP contribution in [-0.4, -0.2) is 21.1 Å². The standard InChI is InChI=1S/C21H18N4O2/c26-21(27-15-16-9-3-1-4-10-16)22-20(17-11-5-2-6-12-17)25-19-14-8-7-13-18(19)23-24-25/h1-14,20H,15H2,(H,22,26)/t20-/m0/s1. The first-order valence-electron chi connectivity index (χ1n) is 8.63. The van der Waals surface area contributed by atoms with Gasteiger partial charge in [0.2, 0.25) is 0 Å². The van der Waals surface area contributed by atoms with Crippen molar-refractivity contribution < 1.29 is 9.53 Å². The second-order valence-electron chi connectivity index (χ2n) is 6.04. The second-order valence-corrected chi connectivity index (χ2v) is 6.04. The second kappa shape index (κ2) is 7.70. The first-order chi connectivity index (χ1) is 13.3. The third-order valence-electron chi connectivity index (χ3n) is 4.20. The Morgan fingerprint density at radius 2 is 1.59 bits per heavy atom. The van der Waals surface area contributed by atoms with Gasteiger partial charge in [-0.2, -0.15) is 0 Å². The minimum Gasteiger partial charge on any atom is -0.445 e. The maximum absolute atomic E-state index is 12.4. The predicted octanol–water partition coefficient (Wildman–Crippen LogP) is 3.90. The predicted molar refractivity (Wildman–Crippen MR) is 102 cm³/mol. The van der Waals surface area contributed by atoms with Crippen LogP contribution in [0.1, 0.15) is 17.3 Å². The van der Waals surface area contributed by atoms with E-state index in [1.807, 2.05) is 84.9 Å². The van der Waals surface area contributed by atoms with E-state index in [4.69, 9.17) is 4.74 Å². The largest absolute Gasteiger partial charge is 0.445 e. The Bertz CT molecular complexity index is 1030. The number of hydrogen-bond donors (Lipinski definition) is 1. The zero-order valence-corrected chi connectivity index (χ0v) is 14.5. The fourth-order valence-electron chi connectivity index (χ4n) is 2.88. The molecule has 0 saturated carbocycles. The molecular formula is C21H18N4O2. The van der Waals surface area contributed by atoms with E-state index >= 15 is 0 Å². The Labute approximate surface area is 156 Å². The topological polar surface area (TPSA) is 69.0 Å². The molecule has 0 aliphatic carbocycles. The fraction of sp³-hybridized carbons (Fsp3) is 0.0952. The van der Waals surface area contributed by atoms with Gasteiger partial charge in [-0.25, -0.2) is 9.48 Å². The molecule has 1 aromatic heterocycles. The van der Waals surface area contributed by atoms with Crippen molar-refractivity contribution in [3.05, 3.63) is 96.1 Å². The normalized spacial score (nSPS) is 11.9. The number of aromatic nitrogens is 3. The molecule has 0 unspecified atom stereocenters. The molecule has 3 aromatic carbocycles. The maximum Gasteiger partial charge on any atom is 0.409 e. The zero-order valence-electron chi connectivity index (χ0n) is 14.5. The molecule has 4 rings (SSSR count). The number of alkyl carbamates (subject to hydrolysis) is 1. The van der Waals surface area contributed by atoms with Crippen molar-refractivity contribution in [2.45, 2.75) is 12.8 Å². The van der Waals surface area contributed by atoms with Crippen molar-refractivity contribution in [3.8, 4) is 0 Å². The highest BCUT2D eigenvalue weighted by Crippen LogP contribution is 2.20. The molecule has 0 aliphatic rings. The Morgan fingerprint density at radius 3 is 2.37 bits per heavy atom. The summed E-state index contributed by atoms with van der Waals surface area (Å²) in [5.41, 5.74) is 3.40. The number of nitrogens with zero attached hydrogens (tertiary/aromatic N) is 3. The van der Waals surface area contributed by atoms with Gasteiger partial charge in [0.25, 0.3) is 0 Å². The molecule has 6 heteroatoms. The maximum atomic E-state index is 12.4. The molecule has 0 radical (unpaired) electrons. The van der Waals surface area contributed by atoms with Gasteiger partial charge in [-0.1, -0.05) is 78.0 Å². The molecule has 0 aliphatic heterocycles. The molecule has 0 bridgehead atoms. The van der Waals surface area contributed by atoms with Crippen molar-refractivity contribution in [1.82, 2.24) is 20.3 Å².